The second-order valence-electron chi connectivity index (χ2n) is 4.96. The number of likely N-dealkylation sites (tertiary alicyclic amines) is 1. The van der Waals surface area contributed by atoms with Crippen LogP contribution in [0.15, 0.2) is 12.2 Å². The third-order valence-electron chi connectivity index (χ3n) is 3.25. The molecule has 0 saturated carbocycles. The fourth-order valence-electron chi connectivity index (χ4n) is 2.17. The zero-order valence-corrected chi connectivity index (χ0v) is 11.8. The van der Waals surface area contributed by atoms with E-state index < -0.39 is 6.29 Å². The number of carbonyl (C=O) groups excluding carboxylic acids is 2. The molecule has 0 unspecified atom stereocenters. The van der Waals surface area contributed by atoms with Gasteiger partial charge in [-0.1, -0.05) is 12.8 Å². The first kappa shape index (κ1) is 16.7. The molecule has 0 spiro atoms. The molecule has 1 aliphatic rings. The number of nitrogens with one attached hydrogen (secondary N) is 1. The first-order valence-electron chi connectivity index (χ1n) is 7.19. The van der Waals surface area contributed by atoms with E-state index in [4.69, 9.17) is 10.2 Å². The van der Waals surface area contributed by atoms with E-state index in [0.29, 0.717) is 13.0 Å². The smallest absolute Gasteiger partial charge is 0.243 e. The number of amides is 2. The van der Waals surface area contributed by atoms with Crippen LogP contribution in [0.4, 0.5) is 0 Å². The van der Waals surface area contributed by atoms with Crippen LogP contribution in [0.1, 0.15) is 38.5 Å². The van der Waals surface area contributed by atoms with Crippen LogP contribution in [0.5, 0.6) is 0 Å². The molecule has 1 heterocycles. The van der Waals surface area contributed by atoms with Crippen LogP contribution in [0, 0.1) is 0 Å². The van der Waals surface area contributed by atoms with Gasteiger partial charge in [-0.15, -0.1) is 0 Å². The summed E-state index contributed by atoms with van der Waals surface area (Å²) in [6, 6.07) is 0. The van der Waals surface area contributed by atoms with Gasteiger partial charge in [-0.2, -0.15) is 0 Å². The minimum atomic E-state index is -1.59. The lowest BCUT2D eigenvalue weighted by Crippen LogP contribution is -2.25. The number of unbranched alkanes of at least 4 members (excludes halogenated alkanes) is 3. The highest BCUT2D eigenvalue weighted by Crippen LogP contribution is 2.11. The van der Waals surface area contributed by atoms with E-state index in [0.717, 1.165) is 57.3 Å². The molecule has 6 heteroatoms. The van der Waals surface area contributed by atoms with Gasteiger partial charge >= 0.3 is 0 Å². The van der Waals surface area contributed by atoms with Gasteiger partial charge < -0.3 is 20.4 Å². The van der Waals surface area contributed by atoms with Gasteiger partial charge in [0.15, 0.2) is 6.29 Å². The fraction of sp³-hybridized carbons (Fsp3) is 0.714. The van der Waals surface area contributed by atoms with Crippen molar-refractivity contribution >= 4 is 11.8 Å². The number of hydrogen-bond acceptors (Lipinski definition) is 4. The molecule has 6 nitrogen and oxygen atoms in total. The van der Waals surface area contributed by atoms with E-state index >= 15 is 0 Å². The second-order valence-corrected chi connectivity index (χ2v) is 4.96. The van der Waals surface area contributed by atoms with Crippen molar-refractivity contribution in [3.05, 3.63) is 12.2 Å². The number of hydrogen-bond donors (Lipinski definition) is 3. The minimum Gasteiger partial charge on any atom is -0.365 e. The maximum atomic E-state index is 11.4. The molecule has 0 atom stereocenters. The number of aliphatic hydroxyl groups excluding tert-OH is 1. The first-order chi connectivity index (χ1) is 9.59. The standard InChI is InChI=1S/C14H24N2O4/c17-12(7-8-14(19)20)15-9-3-1-2-4-10-16-11-5-6-13(16)18/h7-8,14,19-20H,1-6,9-11H2,(H,15,17)/b8-7-. The quantitative estimate of drug-likeness (QED) is 0.319. The maximum Gasteiger partial charge on any atom is 0.243 e. The molecule has 0 radical (unpaired) electrons. The summed E-state index contributed by atoms with van der Waals surface area (Å²) in [5.41, 5.74) is 0. The van der Waals surface area contributed by atoms with E-state index in [2.05, 4.69) is 5.32 Å². The number of carbonyl (C=O) groups is 2. The van der Waals surface area contributed by atoms with Gasteiger partial charge in [-0.25, -0.2) is 0 Å². The Kier molecular flexibility index (Phi) is 7.91. The van der Waals surface area contributed by atoms with Crippen LogP contribution in [0.2, 0.25) is 0 Å². The summed E-state index contributed by atoms with van der Waals surface area (Å²) in [6.45, 7) is 2.33. The van der Waals surface area contributed by atoms with E-state index in [1.54, 1.807) is 0 Å². The summed E-state index contributed by atoms with van der Waals surface area (Å²) in [6.07, 6.45) is 6.18. The molecule has 3 N–H and O–H groups in total. The highest BCUT2D eigenvalue weighted by molar-refractivity contribution is 5.87. The van der Waals surface area contributed by atoms with Gasteiger partial charge in [0, 0.05) is 32.1 Å². The van der Waals surface area contributed by atoms with E-state index in [1.165, 1.54) is 0 Å². The van der Waals surface area contributed by atoms with Crippen molar-refractivity contribution in [1.82, 2.24) is 10.2 Å². The summed E-state index contributed by atoms with van der Waals surface area (Å²) in [7, 11) is 0. The molecule has 1 rings (SSSR count). The Morgan fingerprint density at radius 3 is 2.70 bits per heavy atom. The van der Waals surface area contributed by atoms with Crippen LogP contribution in [-0.2, 0) is 9.59 Å². The fourth-order valence-corrected chi connectivity index (χ4v) is 2.17. The summed E-state index contributed by atoms with van der Waals surface area (Å²) in [5, 5.41) is 19.7. The predicted octanol–water partition coefficient (Wildman–Crippen LogP) is 0.152. The van der Waals surface area contributed by atoms with Crippen LogP contribution >= 0.6 is 0 Å². The molecule has 0 aromatic heterocycles. The lowest BCUT2D eigenvalue weighted by molar-refractivity contribution is -0.127. The van der Waals surface area contributed by atoms with Crippen molar-refractivity contribution in [2.24, 2.45) is 0 Å². The van der Waals surface area contributed by atoms with Crippen molar-refractivity contribution in [2.75, 3.05) is 19.6 Å². The average molecular weight is 284 g/mol. The van der Waals surface area contributed by atoms with Crippen molar-refractivity contribution in [3.8, 4) is 0 Å². The Bertz CT molecular complexity index is 342. The highest BCUT2D eigenvalue weighted by Gasteiger charge is 2.18. The normalized spacial score (nSPS) is 15.6. The van der Waals surface area contributed by atoms with Gasteiger partial charge in [0.2, 0.25) is 11.8 Å². The van der Waals surface area contributed by atoms with Gasteiger partial charge in [0.05, 0.1) is 0 Å². The lowest BCUT2D eigenvalue weighted by Gasteiger charge is -2.14. The van der Waals surface area contributed by atoms with Gasteiger partial charge in [-0.05, 0) is 25.3 Å². The van der Waals surface area contributed by atoms with E-state index in [1.807, 2.05) is 4.90 Å². The van der Waals surface area contributed by atoms with Crippen molar-refractivity contribution < 1.29 is 19.8 Å². The molecule has 1 saturated heterocycles. The third kappa shape index (κ3) is 7.25. The van der Waals surface area contributed by atoms with Crippen molar-refractivity contribution in [2.45, 2.75) is 44.8 Å². The van der Waals surface area contributed by atoms with Gasteiger partial charge in [-0.3, -0.25) is 9.59 Å². The Morgan fingerprint density at radius 1 is 1.30 bits per heavy atom. The Labute approximate surface area is 119 Å². The molecule has 20 heavy (non-hydrogen) atoms. The molecular formula is C14H24N2O4. The highest BCUT2D eigenvalue weighted by atomic mass is 16.5. The van der Waals surface area contributed by atoms with Crippen LogP contribution in [0.25, 0.3) is 0 Å². The van der Waals surface area contributed by atoms with Crippen LogP contribution in [0.3, 0.4) is 0 Å². The predicted molar refractivity (Wildman–Crippen MR) is 74.7 cm³/mol. The molecule has 0 aliphatic carbocycles. The molecule has 1 aliphatic heterocycles. The zero-order valence-electron chi connectivity index (χ0n) is 11.8. The molecule has 0 aromatic rings. The largest absolute Gasteiger partial charge is 0.365 e. The summed E-state index contributed by atoms with van der Waals surface area (Å²) in [5.74, 6) is -0.0455. The molecular weight excluding hydrogens is 260 g/mol. The third-order valence-corrected chi connectivity index (χ3v) is 3.25. The summed E-state index contributed by atoms with van der Waals surface area (Å²) < 4.78 is 0. The summed E-state index contributed by atoms with van der Waals surface area (Å²) in [4.78, 5) is 24.5. The molecule has 114 valence electrons. The van der Waals surface area contributed by atoms with Crippen molar-refractivity contribution in [3.63, 3.8) is 0 Å². The molecule has 2 amide bonds. The minimum absolute atomic E-state index is 0.273. The molecule has 0 bridgehead atoms. The monoisotopic (exact) mass is 284 g/mol. The average Bonchev–Trinajstić information content (AvgIpc) is 2.81. The molecule has 0 aromatic carbocycles. The van der Waals surface area contributed by atoms with Gasteiger partial charge in [0.1, 0.15) is 0 Å². The van der Waals surface area contributed by atoms with Crippen molar-refractivity contribution in [1.29, 1.82) is 0 Å². The second kappa shape index (κ2) is 9.50. The van der Waals surface area contributed by atoms with Crippen LogP contribution in [-0.4, -0.2) is 52.9 Å². The SMILES string of the molecule is O=C(/C=C\C(O)O)NCCCCCCN1CCCC1=O. The van der Waals surface area contributed by atoms with Crippen LogP contribution < -0.4 is 5.32 Å². The topological polar surface area (TPSA) is 89.9 Å². The summed E-state index contributed by atoms with van der Waals surface area (Å²) >= 11 is 0. The Balaban J connectivity index is 1.92. The van der Waals surface area contributed by atoms with E-state index in [-0.39, 0.29) is 11.8 Å². The lowest BCUT2D eigenvalue weighted by atomic mass is 10.2. The number of aliphatic hydroxyl groups is 2. The van der Waals surface area contributed by atoms with Gasteiger partial charge in [0.25, 0.3) is 0 Å². The number of rotatable bonds is 9. The first-order valence-corrected chi connectivity index (χ1v) is 7.19. The van der Waals surface area contributed by atoms with E-state index in [9.17, 15) is 9.59 Å². The Hall–Kier alpha value is -1.40. The Morgan fingerprint density at radius 2 is 2.05 bits per heavy atom. The zero-order chi connectivity index (χ0) is 14.8. The number of nitrogens with zero attached hydrogens (tertiary/aromatic N) is 1. The molecule has 1 fully saturated rings. The maximum absolute atomic E-state index is 11.4.